The third-order valence-electron chi connectivity index (χ3n) is 6.09. The zero-order valence-electron chi connectivity index (χ0n) is 22.2. The van der Waals surface area contributed by atoms with E-state index in [1.165, 1.54) is 36.3 Å². The van der Waals surface area contributed by atoms with Crippen molar-refractivity contribution < 1.29 is 22.7 Å². The molecule has 0 unspecified atom stereocenters. The van der Waals surface area contributed by atoms with Gasteiger partial charge in [0.25, 0.3) is 10.0 Å². The zero-order chi connectivity index (χ0) is 29.4. The van der Waals surface area contributed by atoms with Gasteiger partial charge in [0.15, 0.2) is 0 Å². The van der Waals surface area contributed by atoms with Gasteiger partial charge in [-0.05, 0) is 61.4 Å². The Kier molecular flexibility index (Phi) is 11.1. The maximum Gasteiger partial charge on any atom is 0.264 e. The summed E-state index contributed by atoms with van der Waals surface area (Å²) in [5.41, 5.74) is 0.691. The number of hydrogen-bond donors (Lipinski definition) is 1. The maximum atomic E-state index is 14.1. The molecule has 1 N–H and O–H groups in total. The fraction of sp³-hybridized carbons (Fsp3) is 0.286. The Morgan fingerprint density at radius 1 is 0.950 bits per heavy atom. The van der Waals surface area contributed by atoms with Crippen LogP contribution in [0.5, 0.6) is 5.75 Å². The lowest BCUT2D eigenvalue weighted by Gasteiger charge is -2.33. The van der Waals surface area contributed by atoms with Gasteiger partial charge < -0.3 is 15.0 Å². The van der Waals surface area contributed by atoms with E-state index in [2.05, 4.69) is 5.32 Å². The van der Waals surface area contributed by atoms with Crippen molar-refractivity contribution in [1.82, 2.24) is 10.2 Å². The molecule has 12 heteroatoms. The van der Waals surface area contributed by atoms with E-state index in [-0.39, 0.29) is 45.3 Å². The number of methoxy groups -OCH3 is 1. The SMILES string of the molecule is CCNC(=O)[C@@H](CC)N(Cc1ccc(Cl)c(Cl)c1)C(=O)CN(c1cc(Cl)ccc1OC)S(=O)(=O)c1ccccc1. The fourth-order valence-corrected chi connectivity index (χ4v) is 6.06. The van der Waals surface area contributed by atoms with Gasteiger partial charge in [-0.25, -0.2) is 8.42 Å². The van der Waals surface area contributed by atoms with Crippen LogP contribution in [0.15, 0.2) is 71.6 Å². The number of hydrogen-bond acceptors (Lipinski definition) is 5. The summed E-state index contributed by atoms with van der Waals surface area (Å²) in [7, 11) is -2.88. The highest BCUT2D eigenvalue weighted by atomic mass is 35.5. The van der Waals surface area contributed by atoms with Crippen molar-refractivity contribution in [2.45, 2.75) is 37.8 Å². The van der Waals surface area contributed by atoms with Crippen LogP contribution in [0.4, 0.5) is 5.69 Å². The Morgan fingerprint density at radius 3 is 2.25 bits per heavy atom. The van der Waals surface area contributed by atoms with E-state index >= 15 is 0 Å². The highest BCUT2D eigenvalue weighted by molar-refractivity contribution is 7.92. The highest BCUT2D eigenvalue weighted by Crippen LogP contribution is 2.35. The fourth-order valence-electron chi connectivity index (χ4n) is 4.14. The van der Waals surface area contributed by atoms with E-state index in [4.69, 9.17) is 39.5 Å². The Bertz CT molecular complexity index is 1450. The molecule has 214 valence electrons. The first-order valence-electron chi connectivity index (χ1n) is 12.5. The van der Waals surface area contributed by atoms with E-state index < -0.39 is 28.5 Å². The second-order valence-electron chi connectivity index (χ2n) is 8.73. The Labute approximate surface area is 249 Å². The van der Waals surface area contributed by atoms with Crippen molar-refractivity contribution >= 4 is 62.3 Å². The van der Waals surface area contributed by atoms with E-state index in [0.29, 0.717) is 17.1 Å². The lowest BCUT2D eigenvalue weighted by atomic mass is 10.1. The van der Waals surface area contributed by atoms with Gasteiger partial charge in [-0.3, -0.25) is 13.9 Å². The van der Waals surface area contributed by atoms with Gasteiger partial charge in [0, 0.05) is 18.1 Å². The third kappa shape index (κ3) is 7.40. The number of carbonyl (C=O) groups excluding carboxylic acids is 2. The molecular weight excluding hydrogens is 597 g/mol. The number of benzene rings is 3. The molecule has 3 aromatic rings. The molecule has 1 atom stereocenters. The molecule has 0 radical (unpaired) electrons. The predicted octanol–water partition coefficient (Wildman–Crippen LogP) is 5.79. The van der Waals surface area contributed by atoms with Gasteiger partial charge in [0.05, 0.1) is 27.7 Å². The summed E-state index contributed by atoms with van der Waals surface area (Å²) in [6.07, 6.45) is 0.283. The van der Waals surface area contributed by atoms with Gasteiger partial charge in [0.1, 0.15) is 18.3 Å². The maximum absolute atomic E-state index is 14.1. The van der Waals surface area contributed by atoms with Crippen LogP contribution >= 0.6 is 34.8 Å². The first-order chi connectivity index (χ1) is 19.0. The molecule has 3 aromatic carbocycles. The van der Waals surface area contributed by atoms with E-state index in [0.717, 1.165) is 4.31 Å². The molecule has 0 bridgehead atoms. The van der Waals surface area contributed by atoms with Crippen LogP contribution < -0.4 is 14.4 Å². The minimum atomic E-state index is -4.27. The van der Waals surface area contributed by atoms with Crippen molar-refractivity contribution in [3.05, 3.63) is 87.4 Å². The lowest BCUT2D eigenvalue weighted by molar-refractivity contribution is -0.140. The molecule has 8 nitrogen and oxygen atoms in total. The lowest BCUT2D eigenvalue weighted by Crippen LogP contribution is -2.52. The number of halogens is 3. The molecule has 3 rings (SSSR count). The van der Waals surface area contributed by atoms with Crippen LogP contribution in [0.2, 0.25) is 15.1 Å². The molecule has 0 aromatic heterocycles. The third-order valence-corrected chi connectivity index (χ3v) is 8.84. The number of nitrogens with one attached hydrogen (secondary N) is 1. The van der Waals surface area contributed by atoms with Crippen molar-refractivity contribution in [2.24, 2.45) is 0 Å². The van der Waals surface area contributed by atoms with Gasteiger partial charge in [0.2, 0.25) is 11.8 Å². The van der Waals surface area contributed by atoms with Gasteiger partial charge in [-0.15, -0.1) is 0 Å². The molecule has 0 aliphatic carbocycles. The first kappa shape index (κ1) is 31.5. The van der Waals surface area contributed by atoms with Crippen LogP contribution in [-0.2, 0) is 26.2 Å². The average molecular weight is 627 g/mol. The number of nitrogens with zero attached hydrogens (tertiary/aromatic N) is 2. The van der Waals surface area contributed by atoms with Crippen LogP contribution in [-0.4, -0.2) is 51.4 Å². The minimum absolute atomic E-state index is 0.0166. The second kappa shape index (κ2) is 14.1. The molecule has 0 aliphatic rings. The number of likely N-dealkylation sites (N-methyl/N-ethyl adjacent to an activating group) is 1. The summed E-state index contributed by atoms with van der Waals surface area (Å²) in [5, 5.41) is 3.63. The Morgan fingerprint density at radius 2 is 1.65 bits per heavy atom. The van der Waals surface area contributed by atoms with Gasteiger partial charge >= 0.3 is 0 Å². The summed E-state index contributed by atoms with van der Waals surface area (Å²) < 4.78 is 34.2. The van der Waals surface area contributed by atoms with Gasteiger partial charge in [-0.2, -0.15) is 0 Å². The standard InChI is InChI=1S/C28H30Cl3N3O5S/c1-4-24(28(36)32-5-2)33(17-19-11-13-22(30)23(31)15-19)27(35)18-34(25-16-20(29)12-14-26(25)39-3)40(37,38)21-9-7-6-8-10-21/h6-16,24H,4-5,17-18H2,1-3H3,(H,32,36)/t24-/m1/s1. The number of ether oxygens (including phenoxy) is 1. The molecule has 0 saturated heterocycles. The van der Waals surface area contributed by atoms with Crippen molar-refractivity contribution in [2.75, 3.05) is 24.5 Å². The van der Waals surface area contributed by atoms with E-state index in [1.807, 2.05) is 0 Å². The number of amides is 2. The largest absolute Gasteiger partial charge is 0.495 e. The number of sulfonamides is 1. The van der Waals surface area contributed by atoms with Crippen LogP contribution in [0, 0.1) is 0 Å². The van der Waals surface area contributed by atoms with E-state index in [9.17, 15) is 18.0 Å². The summed E-state index contributed by atoms with van der Waals surface area (Å²) in [6.45, 7) is 3.25. The second-order valence-corrected chi connectivity index (χ2v) is 11.8. The van der Waals surface area contributed by atoms with Gasteiger partial charge in [-0.1, -0.05) is 66.0 Å². The van der Waals surface area contributed by atoms with Crippen molar-refractivity contribution in [1.29, 1.82) is 0 Å². The summed E-state index contributed by atoms with van der Waals surface area (Å²) in [5.74, 6) is -0.787. The predicted molar refractivity (Wildman–Crippen MR) is 159 cm³/mol. The number of carbonyl (C=O) groups is 2. The Balaban J connectivity index is 2.13. The first-order valence-corrected chi connectivity index (χ1v) is 15.0. The highest BCUT2D eigenvalue weighted by Gasteiger charge is 2.34. The molecule has 2 amide bonds. The van der Waals surface area contributed by atoms with Crippen LogP contribution in [0.1, 0.15) is 25.8 Å². The molecular formula is C28H30Cl3N3O5S. The van der Waals surface area contributed by atoms with Crippen LogP contribution in [0.3, 0.4) is 0 Å². The molecule has 0 heterocycles. The molecule has 0 spiro atoms. The quantitative estimate of drug-likeness (QED) is 0.274. The number of rotatable bonds is 12. The summed E-state index contributed by atoms with van der Waals surface area (Å²) >= 11 is 18.5. The minimum Gasteiger partial charge on any atom is -0.495 e. The number of anilines is 1. The molecule has 0 aliphatic heterocycles. The smallest absolute Gasteiger partial charge is 0.264 e. The zero-order valence-corrected chi connectivity index (χ0v) is 25.3. The molecule has 40 heavy (non-hydrogen) atoms. The monoisotopic (exact) mass is 625 g/mol. The molecule has 0 saturated carbocycles. The normalized spacial score (nSPS) is 11.9. The van der Waals surface area contributed by atoms with Crippen molar-refractivity contribution in [3.8, 4) is 5.75 Å². The van der Waals surface area contributed by atoms with Crippen molar-refractivity contribution in [3.63, 3.8) is 0 Å². The molecule has 0 fully saturated rings. The van der Waals surface area contributed by atoms with Crippen LogP contribution in [0.25, 0.3) is 0 Å². The van der Waals surface area contributed by atoms with E-state index in [1.54, 1.807) is 56.3 Å². The Hall–Kier alpha value is -2.98. The summed E-state index contributed by atoms with van der Waals surface area (Å²) in [4.78, 5) is 28.4. The average Bonchev–Trinajstić information content (AvgIpc) is 2.94. The topological polar surface area (TPSA) is 96.0 Å². The summed E-state index contributed by atoms with van der Waals surface area (Å²) in [6, 6.07) is 16.2.